The van der Waals surface area contributed by atoms with E-state index in [-0.39, 0.29) is 17.8 Å². The van der Waals surface area contributed by atoms with Crippen LogP contribution in [0.1, 0.15) is 31.7 Å². The Balaban J connectivity index is 1.85. The second-order valence-corrected chi connectivity index (χ2v) is 6.48. The maximum absolute atomic E-state index is 12.3. The van der Waals surface area contributed by atoms with Gasteiger partial charge in [-0.2, -0.15) is 0 Å². The molecule has 4 nitrogen and oxygen atoms in total. The number of carbonyl (C=O) groups excluding carboxylic acids is 2. The quantitative estimate of drug-likeness (QED) is 0.750. The second-order valence-electron chi connectivity index (χ2n) is 5.56. The number of rotatable bonds is 5. The van der Waals surface area contributed by atoms with Gasteiger partial charge in [-0.1, -0.05) is 28.1 Å². The van der Waals surface area contributed by atoms with E-state index in [0.717, 1.165) is 35.8 Å². The van der Waals surface area contributed by atoms with Gasteiger partial charge in [-0.25, -0.2) is 0 Å². The van der Waals surface area contributed by atoms with Crippen LogP contribution in [-0.4, -0.2) is 36.5 Å². The van der Waals surface area contributed by atoms with E-state index >= 15 is 0 Å². The van der Waals surface area contributed by atoms with Crippen LogP contribution in [-0.2, 0) is 20.7 Å². The smallest absolute Gasteiger partial charge is 0.310 e. The minimum Gasteiger partial charge on any atom is -0.466 e. The highest BCUT2D eigenvalue weighted by atomic mass is 79.9. The van der Waals surface area contributed by atoms with Gasteiger partial charge in [-0.05, 0) is 43.9 Å². The number of benzene rings is 1. The zero-order valence-electron chi connectivity index (χ0n) is 12.9. The van der Waals surface area contributed by atoms with Gasteiger partial charge >= 0.3 is 5.97 Å². The largest absolute Gasteiger partial charge is 0.466 e. The number of amides is 1. The molecule has 0 spiro atoms. The van der Waals surface area contributed by atoms with Crippen LogP contribution in [0.2, 0.25) is 0 Å². The predicted molar refractivity (Wildman–Crippen MR) is 88.4 cm³/mol. The molecule has 1 aliphatic heterocycles. The molecule has 1 heterocycles. The van der Waals surface area contributed by atoms with Gasteiger partial charge in [0.05, 0.1) is 12.5 Å². The summed E-state index contributed by atoms with van der Waals surface area (Å²) in [6.45, 7) is 3.44. The van der Waals surface area contributed by atoms with Gasteiger partial charge in [-0.3, -0.25) is 9.59 Å². The zero-order valence-corrected chi connectivity index (χ0v) is 14.5. The van der Waals surface area contributed by atoms with Gasteiger partial charge in [0.25, 0.3) is 0 Å². The van der Waals surface area contributed by atoms with Crippen molar-refractivity contribution in [3.63, 3.8) is 0 Å². The van der Waals surface area contributed by atoms with Gasteiger partial charge in [0.2, 0.25) is 5.91 Å². The molecule has 1 atom stereocenters. The molecule has 1 aromatic carbocycles. The SMILES string of the molecule is CCOC(=O)[C@@H]1CCCN(C(=O)CCc2cccc(Br)c2)C1. The number of hydrogen-bond acceptors (Lipinski definition) is 3. The fourth-order valence-electron chi connectivity index (χ4n) is 2.76. The summed E-state index contributed by atoms with van der Waals surface area (Å²) in [6, 6.07) is 8.00. The van der Waals surface area contributed by atoms with Crippen molar-refractivity contribution < 1.29 is 14.3 Å². The van der Waals surface area contributed by atoms with Crippen LogP contribution in [0.4, 0.5) is 0 Å². The number of carbonyl (C=O) groups is 2. The van der Waals surface area contributed by atoms with E-state index in [9.17, 15) is 9.59 Å². The molecule has 0 aliphatic carbocycles. The molecule has 0 unspecified atom stereocenters. The van der Waals surface area contributed by atoms with Crippen molar-refractivity contribution in [2.24, 2.45) is 5.92 Å². The van der Waals surface area contributed by atoms with Gasteiger partial charge in [-0.15, -0.1) is 0 Å². The molecule has 2 rings (SSSR count). The summed E-state index contributed by atoms with van der Waals surface area (Å²) >= 11 is 3.44. The Bertz CT molecular complexity index is 532. The Hall–Kier alpha value is -1.36. The molecule has 0 aromatic heterocycles. The summed E-state index contributed by atoms with van der Waals surface area (Å²) in [5, 5.41) is 0. The van der Waals surface area contributed by atoms with Crippen molar-refractivity contribution in [3.05, 3.63) is 34.3 Å². The molecule has 120 valence electrons. The molecular weight excluding hydrogens is 346 g/mol. The van der Waals surface area contributed by atoms with Crippen LogP contribution in [0.15, 0.2) is 28.7 Å². The molecule has 1 saturated heterocycles. The summed E-state index contributed by atoms with van der Waals surface area (Å²) in [6.07, 6.45) is 2.88. The molecule has 0 N–H and O–H groups in total. The molecule has 0 bridgehead atoms. The lowest BCUT2D eigenvalue weighted by atomic mass is 9.97. The van der Waals surface area contributed by atoms with E-state index in [1.54, 1.807) is 0 Å². The Morgan fingerprint density at radius 3 is 2.95 bits per heavy atom. The first-order valence-electron chi connectivity index (χ1n) is 7.79. The molecule has 1 amide bonds. The Kier molecular flexibility index (Phi) is 6.43. The van der Waals surface area contributed by atoms with Crippen LogP contribution in [0.25, 0.3) is 0 Å². The van der Waals surface area contributed by atoms with Crippen molar-refractivity contribution in [2.45, 2.75) is 32.6 Å². The standard InChI is InChI=1S/C17H22BrNO3/c1-2-22-17(21)14-6-4-10-19(12-14)16(20)9-8-13-5-3-7-15(18)11-13/h3,5,7,11,14H,2,4,6,8-10,12H2,1H3/t14-/m1/s1. The first kappa shape index (κ1) is 17.0. The third-order valence-electron chi connectivity index (χ3n) is 3.91. The van der Waals surface area contributed by atoms with Gasteiger partial charge < -0.3 is 9.64 Å². The number of ether oxygens (including phenoxy) is 1. The van der Waals surface area contributed by atoms with E-state index in [1.807, 2.05) is 36.1 Å². The summed E-state index contributed by atoms with van der Waals surface area (Å²) < 4.78 is 6.10. The Labute approximate surface area is 140 Å². The number of aryl methyl sites for hydroxylation is 1. The Morgan fingerprint density at radius 1 is 1.41 bits per heavy atom. The van der Waals surface area contributed by atoms with Gasteiger partial charge in [0.15, 0.2) is 0 Å². The third kappa shape index (κ3) is 4.83. The number of hydrogen-bond donors (Lipinski definition) is 0. The maximum Gasteiger partial charge on any atom is 0.310 e. The molecule has 1 aromatic rings. The lowest BCUT2D eigenvalue weighted by molar-refractivity contribution is -0.151. The number of halogens is 1. The van der Waals surface area contributed by atoms with E-state index in [1.165, 1.54) is 0 Å². The lowest BCUT2D eigenvalue weighted by Crippen LogP contribution is -2.42. The topological polar surface area (TPSA) is 46.6 Å². The van der Waals surface area contributed by atoms with E-state index < -0.39 is 0 Å². The normalized spacial score (nSPS) is 18.1. The number of nitrogens with zero attached hydrogens (tertiary/aromatic N) is 1. The summed E-state index contributed by atoms with van der Waals surface area (Å²) in [5.74, 6) is -0.218. The van der Waals surface area contributed by atoms with Gasteiger partial charge in [0, 0.05) is 24.0 Å². The fourth-order valence-corrected chi connectivity index (χ4v) is 3.20. The Morgan fingerprint density at radius 2 is 2.23 bits per heavy atom. The molecule has 1 fully saturated rings. The van der Waals surface area contributed by atoms with Crippen molar-refractivity contribution in [2.75, 3.05) is 19.7 Å². The van der Waals surface area contributed by atoms with E-state index in [4.69, 9.17) is 4.74 Å². The molecule has 22 heavy (non-hydrogen) atoms. The number of piperidine rings is 1. The summed E-state index contributed by atoms with van der Waals surface area (Å²) in [4.78, 5) is 26.0. The second kappa shape index (κ2) is 8.32. The molecular formula is C17H22BrNO3. The first-order chi connectivity index (χ1) is 10.6. The van der Waals surface area contributed by atoms with Gasteiger partial charge in [0.1, 0.15) is 0 Å². The number of esters is 1. The monoisotopic (exact) mass is 367 g/mol. The fraction of sp³-hybridized carbons (Fsp3) is 0.529. The number of likely N-dealkylation sites (tertiary alicyclic amines) is 1. The summed E-state index contributed by atoms with van der Waals surface area (Å²) in [7, 11) is 0. The maximum atomic E-state index is 12.3. The van der Waals surface area contributed by atoms with Crippen molar-refractivity contribution in [3.8, 4) is 0 Å². The molecule has 0 saturated carbocycles. The minimum atomic E-state index is -0.174. The minimum absolute atomic E-state index is 0.119. The molecule has 5 heteroatoms. The van der Waals surface area contributed by atoms with E-state index in [0.29, 0.717) is 19.6 Å². The highest BCUT2D eigenvalue weighted by Gasteiger charge is 2.28. The zero-order chi connectivity index (χ0) is 15.9. The lowest BCUT2D eigenvalue weighted by Gasteiger charge is -2.31. The van der Waals surface area contributed by atoms with Crippen LogP contribution in [0.3, 0.4) is 0 Å². The van der Waals surface area contributed by atoms with Crippen LogP contribution in [0.5, 0.6) is 0 Å². The highest BCUT2D eigenvalue weighted by Crippen LogP contribution is 2.19. The predicted octanol–water partition coefficient (Wildman–Crippen LogP) is 3.18. The first-order valence-corrected chi connectivity index (χ1v) is 8.58. The van der Waals surface area contributed by atoms with Crippen LogP contribution < -0.4 is 0 Å². The highest BCUT2D eigenvalue weighted by molar-refractivity contribution is 9.10. The molecule has 1 aliphatic rings. The van der Waals surface area contributed by atoms with E-state index in [2.05, 4.69) is 15.9 Å². The third-order valence-corrected chi connectivity index (χ3v) is 4.40. The summed E-state index contributed by atoms with van der Waals surface area (Å²) in [5.41, 5.74) is 1.14. The van der Waals surface area contributed by atoms with Crippen molar-refractivity contribution in [1.82, 2.24) is 4.90 Å². The van der Waals surface area contributed by atoms with Crippen LogP contribution in [0, 0.1) is 5.92 Å². The average Bonchev–Trinajstić information content (AvgIpc) is 2.53. The van der Waals surface area contributed by atoms with Crippen LogP contribution >= 0.6 is 15.9 Å². The van der Waals surface area contributed by atoms with Crippen molar-refractivity contribution in [1.29, 1.82) is 0 Å². The van der Waals surface area contributed by atoms with Crippen molar-refractivity contribution >= 4 is 27.8 Å². The molecule has 0 radical (unpaired) electrons. The average molecular weight is 368 g/mol.